The lowest BCUT2D eigenvalue weighted by molar-refractivity contribution is -0.130. The SMILES string of the molecule is CN1C[C@@H]2CC[C@H]([C@H]1CN(CCCCN)C1CCCc3cccnc31)N2CC[C@@H](NC(=O)C1CCC(F)(F)CC1)c1ccccc1. The molecule has 2 aromatic rings. The molecule has 1 amide bonds. The molecule has 3 N–H and O–H groups in total. The molecular formula is C37H54F2N6O. The maximum Gasteiger partial charge on any atom is 0.248 e. The van der Waals surface area contributed by atoms with Crippen molar-refractivity contribution in [2.45, 2.75) is 113 Å². The van der Waals surface area contributed by atoms with E-state index in [0.717, 1.165) is 70.4 Å². The van der Waals surface area contributed by atoms with Crippen molar-refractivity contribution in [1.82, 2.24) is 25.0 Å². The second kappa shape index (κ2) is 15.2. The van der Waals surface area contributed by atoms with Gasteiger partial charge in [-0.2, -0.15) is 0 Å². The molecular weight excluding hydrogens is 582 g/mol. The number of likely N-dealkylation sites (tertiary alicyclic amines) is 1. The molecule has 2 bridgehead atoms. The minimum absolute atomic E-state index is 0.0712. The molecule has 1 aromatic carbocycles. The average molecular weight is 637 g/mol. The number of aromatic nitrogens is 1. The fraction of sp³-hybridized carbons (Fsp3) is 0.676. The Bertz CT molecular complexity index is 1270. The molecule has 2 aliphatic carbocycles. The topological polar surface area (TPSA) is 77.7 Å². The van der Waals surface area contributed by atoms with Crippen molar-refractivity contribution < 1.29 is 13.6 Å². The third-order valence-electron chi connectivity index (χ3n) is 11.4. The van der Waals surface area contributed by atoms with Gasteiger partial charge in [0.25, 0.3) is 0 Å². The largest absolute Gasteiger partial charge is 0.349 e. The number of aryl methyl sites for hydroxylation is 1. The quantitative estimate of drug-likeness (QED) is 0.274. The van der Waals surface area contributed by atoms with Crippen LogP contribution in [0.25, 0.3) is 0 Å². The highest BCUT2D eigenvalue weighted by Crippen LogP contribution is 2.39. The predicted octanol–water partition coefficient (Wildman–Crippen LogP) is 5.72. The standard InChI is InChI=1S/C37H54F2N6O/c1-43-25-30-14-15-32(34(43)26-44(23-6-5-21-40)33-13-7-11-28-12-8-22-41-35(28)33)45(30)24-18-31(27-9-3-2-4-10-27)42-36(46)29-16-19-37(38,39)20-17-29/h2-4,8-10,12,22,29-34H,5-7,11,13-21,23-26,40H2,1H3,(H,42,46)/t30-,31+,32+,33?,34+/m0/s1. The molecule has 0 spiro atoms. The lowest BCUT2D eigenvalue weighted by atomic mass is 9.86. The molecule has 2 saturated heterocycles. The summed E-state index contributed by atoms with van der Waals surface area (Å²) in [5, 5.41) is 3.31. The first-order valence-electron chi connectivity index (χ1n) is 17.9. The summed E-state index contributed by atoms with van der Waals surface area (Å²) in [4.78, 5) is 26.3. The van der Waals surface area contributed by atoms with Crippen molar-refractivity contribution >= 4 is 5.91 Å². The van der Waals surface area contributed by atoms with Gasteiger partial charge in [0.2, 0.25) is 11.8 Å². The zero-order valence-electron chi connectivity index (χ0n) is 27.6. The van der Waals surface area contributed by atoms with Gasteiger partial charge < -0.3 is 11.1 Å². The zero-order valence-corrected chi connectivity index (χ0v) is 27.6. The fourth-order valence-corrected chi connectivity index (χ4v) is 8.84. The van der Waals surface area contributed by atoms with E-state index in [2.05, 4.69) is 51.3 Å². The third-order valence-corrected chi connectivity index (χ3v) is 11.4. The van der Waals surface area contributed by atoms with Gasteiger partial charge >= 0.3 is 0 Å². The van der Waals surface area contributed by atoms with E-state index < -0.39 is 5.92 Å². The van der Waals surface area contributed by atoms with Gasteiger partial charge in [-0.1, -0.05) is 36.4 Å². The first-order valence-corrected chi connectivity index (χ1v) is 17.9. The number of amides is 1. The minimum Gasteiger partial charge on any atom is -0.349 e. The van der Waals surface area contributed by atoms with E-state index in [1.807, 2.05) is 24.4 Å². The van der Waals surface area contributed by atoms with E-state index in [0.29, 0.717) is 24.2 Å². The second-order valence-electron chi connectivity index (χ2n) is 14.4. The fourth-order valence-electron chi connectivity index (χ4n) is 8.84. The number of carbonyl (C=O) groups excluding carboxylic acids is 1. The minimum atomic E-state index is -2.64. The number of unbranched alkanes of at least 4 members (excludes halogenated alkanes) is 1. The molecule has 1 saturated carbocycles. The number of nitrogens with one attached hydrogen (secondary N) is 1. The first-order chi connectivity index (χ1) is 22.3. The van der Waals surface area contributed by atoms with Crippen molar-refractivity contribution in [3.8, 4) is 0 Å². The summed E-state index contributed by atoms with van der Waals surface area (Å²) >= 11 is 0. The molecule has 5 atom stereocenters. The number of nitrogens with zero attached hydrogens (tertiary/aromatic N) is 4. The molecule has 7 nitrogen and oxygen atoms in total. The highest BCUT2D eigenvalue weighted by atomic mass is 19.3. The number of carbonyl (C=O) groups is 1. The number of piperazine rings is 1. The van der Waals surface area contributed by atoms with Crippen molar-refractivity contribution in [2.75, 3.05) is 39.8 Å². The Labute approximate surface area is 274 Å². The molecule has 46 heavy (non-hydrogen) atoms. The molecule has 3 heterocycles. The second-order valence-corrected chi connectivity index (χ2v) is 14.4. The molecule has 1 unspecified atom stereocenters. The summed E-state index contributed by atoms with van der Waals surface area (Å²) in [6.07, 6.45) is 10.9. The van der Waals surface area contributed by atoms with E-state index in [1.165, 1.54) is 30.5 Å². The van der Waals surface area contributed by atoms with E-state index in [4.69, 9.17) is 10.7 Å². The van der Waals surface area contributed by atoms with Crippen LogP contribution in [-0.2, 0) is 11.2 Å². The Morgan fingerprint density at radius 3 is 2.67 bits per heavy atom. The van der Waals surface area contributed by atoms with Crippen LogP contribution >= 0.6 is 0 Å². The van der Waals surface area contributed by atoms with Crippen molar-refractivity contribution in [3.63, 3.8) is 0 Å². The van der Waals surface area contributed by atoms with Crippen LogP contribution < -0.4 is 11.1 Å². The molecule has 252 valence electrons. The summed E-state index contributed by atoms with van der Waals surface area (Å²) in [5.74, 6) is -3.04. The number of hydrogen-bond acceptors (Lipinski definition) is 6. The van der Waals surface area contributed by atoms with Crippen LogP contribution in [-0.4, -0.2) is 89.4 Å². The zero-order chi connectivity index (χ0) is 32.1. The summed E-state index contributed by atoms with van der Waals surface area (Å²) < 4.78 is 27.6. The molecule has 3 fully saturated rings. The van der Waals surface area contributed by atoms with Crippen LogP contribution in [0.3, 0.4) is 0 Å². The Morgan fingerprint density at radius 2 is 1.89 bits per heavy atom. The third kappa shape index (κ3) is 7.80. The van der Waals surface area contributed by atoms with Crippen molar-refractivity contribution in [3.05, 3.63) is 65.5 Å². The monoisotopic (exact) mass is 636 g/mol. The van der Waals surface area contributed by atoms with Gasteiger partial charge in [0, 0.05) is 62.7 Å². The number of likely N-dealkylation sites (N-methyl/N-ethyl adjacent to an activating group) is 1. The first kappa shape index (κ1) is 33.4. The highest BCUT2D eigenvalue weighted by molar-refractivity contribution is 5.79. The molecule has 9 heteroatoms. The van der Waals surface area contributed by atoms with Gasteiger partial charge in [-0.05, 0) is 102 Å². The van der Waals surface area contributed by atoms with Crippen LogP contribution in [0.4, 0.5) is 8.78 Å². The van der Waals surface area contributed by atoms with Gasteiger partial charge in [0.15, 0.2) is 0 Å². The number of nitrogens with two attached hydrogens (primary N) is 1. The van der Waals surface area contributed by atoms with Gasteiger partial charge in [-0.25, -0.2) is 8.78 Å². The maximum absolute atomic E-state index is 13.8. The Morgan fingerprint density at radius 1 is 1.09 bits per heavy atom. The number of fused-ring (bicyclic) bond motifs is 3. The van der Waals surface area contributed by atoms with Crippen LogP contribution in [0.1, 0.15) is 99.5 Å². The number of benzene rings is 1. The molecule has 4 aliphatic rings. The average Bonchev–Trinajstić information content (AvgIpc) is 3.37. The van der Waals surface area contributed by atoms with E-state index in [1.54, 1.807) is 0 Å². The Kier molecular flexibility index (Phi) is 11.0. The van der Waals surface area contributed by atoms with Crippen LogP contribution in [0.5, 0.6) is 0 Å². The summed E-state index contributed by atoms with van der Waals surface area (Å²) in [6.45, 7) is 4.73. The number of pyridine rings is 1. The normalized spacial score (nSPS) is 27.4. The Balaban J connectivity index is 1.15. The predicted molar refractivity (Wildman–Crippen MR) is 179 cm³/mol. The highest BCUT2D eigenvalue weighted by Gasteiger charge is 2.46. The van der Waals surface area contributed by atoms with E-state index >= 15 is 0 Å². The summed E-state index contributed by atoms with van der Waals surface area (Å²) in [5.41, 5.74) is 9.68. The molecule has 0 radical (unpaired) electrons. The molecule has 1 aromatic heterocycles. The smallest absolute Gasteiger partial charge is 0.248 e. The van der Waals surface area contributed by atoms with Crippen LogP contribution in [0, 0.1) is 5.92 Å². The number of rotatable bonds is 13. The number of alkyl halides is 2. The lowest BCUT2D eigenvalue weighted by Crippen LogP contribution is -2.62. The maximum atomic E-state index is 13.8. The van der Waals surface area contributed by atoms with Gasteiger partial charge in [0.05, 0.1) is 17.8 Å². The molecule has 2 aliphatic heterocycles. The van der Waals surface area contributed by atoms with Crippen LogP contribution in [0.2, 0.25) is 0 Å². The van der Waals surface area contributed by atoms with Gasteiger partial charge in [-0.15, -0.1) is 0 Å². The lowest BCUT2D eigenvalue weighted by Gasteiger charge is -2.48. The van der Waals surface area contributed by atoms with Crippen molar-refractivity contribution in [1.29, 1.82) is 0 Å². The van der Waals surface area contributed by atoms with Gasteiger partial charge in [-0.3, -0.25) is 24.5 Å². The Hall–Kier alpha value is -2.46. The van der Waals surface area contributed by atoms with Crippen molar-refractivity contribution in [2.24, 2.45) is 11.7 Å². The number of hydrogen-bond donors (Lipinski definition) is 2. The molecule has 6 rings (SSSR count). The summed E-state index contributed by atoms with van der Waals surface area (Å²) in [7, 11) is 2.30. The van der Waals surface area contributed by atoms with Gasteiger partial charge in [0.1, 0.15) is 0 Å². The number of halogens is 2. The van der Waals surface area contributed by atoms with Crippen LogP contribution in [0.15, 0.2) is 48.7 Å². The van der Waals surface area contributed by atoms with E-state index in [-0.39, 0.29) is 43.6 Å². The summed E-state index contributed by atoms with van der Waals surface area (Å²) in [6, 6.07) is 16.1. The van der Waals surface area contributed by atoms with E-state index in [9.17, 15) is 13.6 Å².